The first kappa shape index (κ1) is 20.9. The Balaban J connectivity index is 1.60. The van der Waals surface area contributed by atoms with E-state index in [0.29, 0.717) is 29.1 Å². The fourth-order valence-electron chi connectivity index (χ4n) is 5.72. The molecule has 0 spiro atoms. The summed E-state index contributed by atoms with van der Waals surface area (Å²) in [7, 11) is 1.79. The molecule has 3 aliphatic rings. The largest absolute Gasteiger partial charge is 0.321 e. The van der Waals surface area contributed by atoms with Crippen molar-refractivity contribution < 1.29 is 9.59 Å². The Morgan fingerprint density at radius 3 is 2.44 bits per heavy atom. The zero-order valence-corrected chi connectivity index (χ0v) is 19.4. The highest BCUT2D eigenvalue weighted by atomic mass is 35.5. The van der Waals surface area contributed by atoms with Gasteiger partial charge in [-0.3, -0.25) is 14.6 Å². The van der Waals surface area contributed by atoms with Gasteiger partial charge in [0, 0.05) is 31.1 Å². The van der Waals surface area contributed by atoms with Gasteiger partial charge in [0.15, 0.2) is 0 Å². The van der Waals surface area contributed by atoms with Crippen molar-refractivity contribution in [2.75, 3.05) is 12.1 Å². The Bertz CT molecular complexity index is 1310. The van der Waals surface area contributed by atoms with Crippen molar-refractivity contribution in [2.45, 2.75) is 30.6 Å². The highest BCUT2D eigenvalue weighted by molar-refractivity contribution is 6.31. The van der Waals surface area contributed by atoms with E-state index >= 15 is 0 Å². The van der Waals surface area contributed by atoms with Crippen LogP contribution in [0.5, 0.6) is 0 Å². The van der Waals surface area contributed by atoms with E-state index < -0.39 is 17.7 Å². The van der Waals surface area contributed by atoms with Crippen LogP contribution in [0.3, 0.4) is 0 Å². The number of carbonyl (C=O) groups is 2. The SMILES string of the molecule is CN1C(=O)[C@H](Cc2ccccc2)N2C(=O)c3cc(Cl)ccc3N3N=CC[C@]3(c3ccccc3)[C@H]12. The van der Waals surface area contributed by atoms with E-state index in [9.17, 15) is 9.59 Å². The molecule has 6 rings (SSSR count). The summed E-state index contributed by atoms with van der Waals surface area (Å²) in [6, 6.07) is 24.6. The van der Waals surface area contributed by atoms with Crippen molar-refractivity contribution in [2.24, 2.45) is 5.10 Å². The van der Waals surface area contributed by atoms with Crippen molar-refractivity contribution in [1.82, 2.24) is 9.80 Å². The molecule has 0 saturated carbocycles. The third-order valence-corrected chi connectivity index (χ3v) is 7.44. The van der Waals surface area contributed by atoms with E-state index in [-0.39, 0.29) is 11.8 Å². The summed E-state index contributed by atoms with van der Waals surface area (Å²) in [5, 5.41) is 7.14. The summed E-state index contributed by atoms with van der Waals surface area (Å²) in [5.74, 6) is -0.282. The van der Waals surface area contributed by atoms with Crippen molar-refractivity contribution in [3.05, 3.63) is 101 Å². The molecule has 3 aliphatic heterocycles. The van der Waals surface area contributed by atoms with E-state index in [0.717, 1.165) is 11.1 Å². The number of carbonyl (C=O) groups excluding carboxylic acids is 2. The Morgan fingerprint density at radius 2 is 1.71 bits per heavy atom. The molecule has 6 nitrogen and oxygen atoms in total. The van der Waals surface area contributed by atoms with Gasteiger partial charge < -0.3 is 9.80 Å². The second kappa shape index (κ2) is 7.71. The van der Waals surface area contributed by atoms with Gasteiger partial charge in [-0.2, -0.15) is 5.10 Å². The standard InChI is InChI=1S/C27H23ClN4O2/c1-30-25(34)23(16-18-8-4-2-5-9-18)31-24(33)21-17-20(28)12-13-22(21)32-27(26(30)31,14-15-29-32)19-10-6-3-7-11-19/h2-13,15,17,23,26H,14,16H2,1H3/t23-,26+,27-/m0/s1. The van der Waals surface area contributed by atoms with Crippen molar-refractivity contribution in [1.29, 1.82) is 0 Å². The summed E-state index contributed by atoms with van der Waals surface area (Å²) in [6.07, 6.45) is 2.33. The second-order valence-corrected chi connectivity index (χ2v) is 9.44. The predicted octanol–water partition coefficient (Wildman–Crippen LogP) is 4.30. The Labute approximate surface area is 203 Å². The van der Waals surface area contributed by atoms with Gasteiger partial charge in [0.2, 0.25) is 5.91 Å². The van der Waals surface area contributed by atoms with Crippen molar-refractivity contribution in [3.63, 3.8) is 0 Å². The average Bonchev–Trinajstić information content (AvgIpc) is 3.38. The first-order chi connectivity index (χ1) is 16.5. The summed E-state index contributed by atoms with van der Waals surface area (Å²) >= 11 is 6.35. The van der Waals surface area contributed by atoms with Gasteiger partial charge >= 0.3 is 0 Å². The molecule has 3 heterocycles. The molecule has 3 aromatic carbocycles. The number of hydrogen-bond acceptors (Lipinski definition) is 4. The maximum Gasteiger partial charge on any atom is 0.258 e. The zero-order valence-electron chi connectivity index (χ0n) is 18.6. The number of hydrazone groups is 1. The molecule has 2 amide bonds. The molecular weight excluding hydrogens is 448 g/mol. The molecule has 0 N–H and O–H groups in total. The van der Waals surface area contributed by atoms with Gasteiger partial charge in [-0.25, -0.2) is 0 Å². The summed E-state index contributed by atoms with van der Waals surface area (Å²) in [6.45, 7) is 0. The normalized spacial score (nSPS) is 25.3. The van der Waals surface area contributed by atoms with Crippen LogP contribution >= 0.6 is 11.6 Å². The summed E-state index contributed by atoms with van der Waals surface area (Å²) in [5.41, 5.74) is 2.40. The third kappa shape index (κ3) is 2.85. The van der Waals surface area contributed by atoms with E-state index in [4.69, 9.17) is 16.7 Å². The first-order valence-electron chi connectivity index (χ1n) is 11.3. The van der Waals surface area contributed by atoms with E-state index in [1.807, 2.05) is 78.0 Å². The fraction of sp³-hybridized carbons (Fsp3) is 0.222. The average molecular weight is 471 g/mol. The van der Waals surface area contributed by atoms with Gasteiger partial charge in [-0.1, -0.05) is 72.3 Å². The van der Waals surface area contributed by atoms with Crippen LogP contribution in [0.4, 0.5) is 5.69 Å². The zero-order chi connectivity index (χ0) is 23.4. The monoisotopic (exact) mass is 470 g/mol. The smallest absolute Gasteiger partial charge is 0.258 e. The molecule has 0 aromatic heterocycles. The molecule has 0 radical (unpaired) electrons. The lowest BCUT2D eigenvalue weighted by Crippen LogP contribution is -2.59. The number of hydrogen-bond donors (Lipinski definition) is 0. The number of fused-ring (bicyclic) bond motifs is 5. The van der Waals surface area contributed by atoms with E-state index in [2.05, 4.69) is 0 Å². The Kier molecular flexibility index (Phi) is 4.74. The first-order valence-corrected chi connectivity index (χ1v) is 11.7. The van der Waals surface area contributed by atoms with Crippen LogP contribution < -0.4 is 5.01 Å². The molecule has 1 saturated heterocycles. The number of amides is 2. The number of halogens is 1. The Hall–Kier alpha value is -3.64. The van der Waals surface area contributed by atoms with Crippen LogP contribution in [-0.2, 0) is 16.8 Å². The molecule has 3 atom stereocenters. The minimum Gasteiger partial charge on any atom is -0.321 e. The van der Waals surface area contributed by atoms with Crippen LogP contribution in [0, 0.1) is 0 Å². The maximum atomic E-state index is 14.2. The van der Waals surface area contributed by atoms with Crippen LogP contribution in [0.15, 0.2) is 84.0 Å². The number of anilines is 1. The molecule has 0 aliphatic carbocycles. The van der Waals surface area contributed by atoms with Crippen molar-refractivity contribution in [3.8, 4) is 0 Å². The molecule has 170 valence electrons. The molecule has 1 fully saturated rings. The summed E-state index contributed by atoms with van der Waals surface area (Å²) < 4.78 is 0. The Morgan fingerprint density at radius 1 is 1.00 bits per heavy atom. The third-order valence-electron chi connectivity index (χ3n) is 7.20. The van der Waals surface area contributed by atoms with Crippen LogP contribution in [0.2, 0.25) is 5.02 Å². The van der Waals surface area contributed by atoms with Crippen LogP contribution in [0.25, 0.3) is 0 Å². The number of rotatable bonds is 3. The molecular formula is C27H23ClN4O2. The van der Waals surface area contributed by atoms with Gasteiger partial charge in [-0.05, 0) is 29.3 Å². The van der Waals surface area contributed by atoms with Crippen LogP contribution in [0.1, 0.15) is 27.9 Å². The summed E-state index contributed by atoms with van der Waals surface area (Å²) in [4.78, 5) is 31.4. The molecule has 0 bridgehead atoms. The predicted molar refractivity (Wildman–Crippen MR) is 132 cm³/mol. The molecule has 3 aromatic rings. The number of benzene rings is 3. The van der Waals surface area contributed by atoms with Gasteiger partial charge in [0.25, 0.3) is 5.91 Å². The fourth-order valence-corrected chi connectivity index (χ4v) is 5.89. The van der Waals surface area contributed by atoms with Gasteiger partial charge in [0.1, 0.15) is 17.7 Å². The van der Waals surface area contributed by atoms with Gasteiger partial charge in [-0.15, -0.1) is 0 Å². The van der Waals surface area contributed by atoms with Gasteiger partial charge in [0.05, 0.1) is 11.3 Å². The molecule has 7 heteroatoms. The topological polar surface area (TPSA) is 56.2 Å². The maximum absolute atomic E-state index is 14.2. The van der Waals surface area contributed by atoms with Crippen LogP contribution in [-0.4, -0.2) is 47.1 Å². The highest BCUT2D eigenvalue weighted by Gasteiger charge is 2.62. The number of likely N-dealkylation sites (N-methyl/N-ethyl adjacent to an activating group) is 1. The van der Waals surface area contributed by atoms with E-state index in [1.54, 1.807) is 29.0 Å². The van der Waals surface area contributed by atoms with E-state index in [1.165, 1.54) is 0 Å². The number of nitrogens with zero attached hydrogens (tertiary/aromatic N) is 4. The minimum atomic E-state index is -0.758. The van der Waals surface area contributed by atoms with Crippen molar-refractivity contribution >= 4 is 35.3 Å². The molecule has 34 heavy (non-hydrogen) atoms. The lowest BCUT2D eigenvalue weighted by Gasteiger charge is -2.45. The lowest BCUT2D eigenvalue weighted by molar-refractivity contribution is -0.129. The second-order valence-electron chi connectivity index (χ2n) is 9.01. The highest BCUT2D eigenvalue weighted by Crippen LogP contribution is 2.51. The minimum absolute atomic E-state index is 0.0742. The quantitative estimate of drug-likeness (QED) is 0.573. The molecule has 0 unspecified atom stereocenters. The lowest BCUT2D eigenvalue weighted by atomic mass is 9.83.